The maximum absolute atomic E-state index is 12.6. The Bertz CT molecular complexity index is 1140. The SMILES string of the molecule is CNC(=O)[C@H]1C[N+](C)(c2ccc3c(c2)OCCc2c(-c4ccno4)n[nH]c2-3)C(=O)O1. The summed E-state index contributed by atoms with van der Waals surface area (Å²) in [6.07, 6.45) is 0.913. The highest BCUT2D eigenvalue weighted by Gasteiger charge is 2.50. The number of hydrogen-bond donors (Lipinski definition) is 2. The largest absolute Gasteiger partial charge is 0.522 e. The van der Waals surface area contributed by atoms with Crippen molar-refractivity contribution in [2.24, 2.45) is 0 Å². The van der Waals surface area contributed by atoms with E-state index in [-0.39, 0.29) is 16.9 Å². The van der Waals surface area contributed by atoms with Crippen LogP contribution in [0, 0.1) is 0 Å². The van der Waals surface area contributed by atoms with Crippen molar-refractivity contribution in [2.75, 3.05) is 27.2 Å². The van der Waals surface area contributed by atoms with E-state index in [2.05, 4.69) is 20.7 Å². The number of carbonyl (C=O) groups is 2. The number of amides is 2. The molecule has 10 nitrogen and oxygen atoms in total. The summed E-state index contributed by atoms with van der Waals surface area (Å²) in [6, 6.07) is 7.33. The molecule has 154 valence electrons. The summed E-state index contributed by atoms with van der Waals surface area (Å²) < 4.78 is 16.4. The van der Waals surface area contributed by atoms with Gasteiger partial charge in [0.1, 0.15) is 23.7 Å². The summed E-state index contributed by atoms with van der Waals surface area (Å²) in [5.74, 6) is 0.901. The molecule has 2 amide bonds. The minimum atomic E-state index is -0.823. The first-order chi connectivity index (χ1) is 14.5. The van der Waals surface area contributed by atoms with Crippen molar-refractivity contribution in [3.05, 3.63) is 36.0 Å². The summed E-state index contributed by atoms with van der Waals surface area (Å²) in [5.41, 5.74) is 4.06. The molecule has 1 saturated heterocycles. The summed E-state index contributed by atoms with van der Waals surface area (Å²) in [4.78, 5) is 24.5. The van der Waals surface area contributed by atoms with Crippen molar-refractivity contribution in [1.29, 1.82) is 0 Å². The highest BCUT2D eigenvalue weighted by molar-refractivity contribution is 5.92. The van der Waals surface area contributed by atoms with Gasteiger partial charge in [0.25, 0.3) is 5.91 Å². The molecule has 2 atom stereocenters. The summed E-state index contributed by atoms with van der Waals surface area (Å²) in [6.45, 7) is 0.654. The van der Waals surface area contributed by atoms with Crippen LogP contribution in [0.1, 0.15) is 5.56 Å². The number of nitrogens with one attached hydrogen (secondary N) is 2. The van der Waals surface area contributed by atoms with E-state index < -0.39 is 12.2 Å². The molecule has 2 aliphatic heterocycles. The molecule has 1 fully saturated rings. The van der Waals surface area contributed by atoms with Gasteiger partial charge in [-0.05, 0) is 6.07 Å². The zero-order chi connectivity index (χ0) is 20.9. The second kappa shape index (κ2) is 6.70. The van der Waals surface area contributed by atoms with Gasteiger partial charge in [-0.15, -0.1) is 0 Å². The first-order valence-electron chi connectivity index (χ1n) is 9.55. The van der Waals surface area contributed by atoms with Crippen LogP contribution in [0.4, 0.5) is 10.5 Å². The Morgan fingerprint density at radius 3 is 2.97 bits per heavy atom. The predicted molar refractivity (Wildman–Crippen MR) is 106 cm³/mol. The maximum atomic E-state index is 12.6. The molecule has 1 aromatic carbocycles. The second-order valence-electron chi connectivity index (χ2n) is 7.44. The fourth-order valence-corrected chi connectivity index (χ4v) is 3.97. The molecule has 0 spiro atoms. The Hall–Kier alpha value is -3.66. The second-order valence-corrected chi connectivity index (χ2v) is 7.44. The number of nitrogens with zero attached hydrogens (tertiary/aromatic N) is 3. The Labute approximate surface area is 171 Å². The van der Waals surface area contributed by atoms with Gasteiger partial charge in [0.05, 0.1) is 25.5 Å². The van der Waals surface area contributed by atoms with E-state index in [9.17, 15) is 9.59 Å². The van der Waals surface area contributed by atoms with E-state index in [0.29, 0.717) is 35.9 Å². The number of carbonyl (C=O) groups excluding carboxylic acids is 2. The zero-order valence-corrected chi connectivity index (χ0v) is 16.5. The highest BCUT2D eigenvalue weighted by atomic mass is 16.6. The Morgan fingerprint density at radius 2 is 2.20 bits per heavy atom. The van der Waals surface area contributed by atoms with Crippen molar-refractivity contribution in [1.82, 2.24) is 25.2 Å². The summed E-state index contributed by atoms with van der Waals surface area (Å²) in [5, 5.41) is 13.8. The molecule has 2 N–H and O–H groups in total. The number of H-pyrrole nitrogens is 1. The smallest absolute Gasteiger partial charge is 0.492 e. The molecule has 5 rings (SSSR count). The van der Waals surface area contributed by atoms with Crippen LogP contribution in [0.5, 0.6) is 5.75 Å². The van der Waals surface area contributed by atoms with E-state index in [0.717, 1.165) is 16.8 Å². The minimum Gasteiger partial charge on any atom is -0.492 e. The van der Waals surface area contributed by atoms with E-state index in [4.69, 9.17) is 14.0 Å². The van der Waals surface area contributed by atoms with Crippen LogP contribution in [0.3, 0.4) is 0 Å². The highest BCUT2D eigenvalue weighted by Crippen LogP contribution is 2.41. The predicted octanol–water partition coefficient (Wildman–Crippen LogP) is 1.87. The molecule has 2 aromatic heterocycles. The molecule has 2 aliphatic rings. The molecule has 0 bridgehead atoms. The number of ether oxygens (including phenoxy) is 2. The molecule has 10 heteroatoms. The number of aromatic nitrogens is 3. The molecule has 3 aromatic rings. The topological polar surface area (TPSA) is 119 Å². The van der Waals surface area contributed by atoms with Gasteiger partial charge in [-0.3, -0.25) is 9.89 Å². The maximum Gasteiger partial charge on any atom is 0.522 e. The number of cyclic esters (lactones) is 1. The van der Waals surface area contributed by atoms with Crippen LogP contribution in [-0.4, -0.2) is 60.7 Å². The van der Waals surface area contributed by atoms with Crippen molar-refractivity contribution in [3.8, 4) is 28.5 Å². The quantitative estimate of drug-likeness (QED) is 0.633. The molecule has 30 heavy (non-hydrogen) atoms. The molecule has 0 radical (unpaired) electrons. The van der Waals surface area contributed by atoms with Gasteiger partial charge in [0.2, 0.25) is 6.10 Å². The van der Waals surface area contributed by atoms with Gasteiger partial charge in [0.15, 0.2) is 5.76 Å². The lowest BCUT2D eigenvalue weighted by Gasteiger charge is -2.23. The van der Waals surface area contributed by atoms with Gasteiger partial charge in [-0.25, -0.2) is 0 Å². The molecule has 0 saturated carbocycles. The lowest BCUT2D eigenvalue weighted by molar-refractivity contribution is -0.127. The summed E-state index contributed by atoms with van der Waals surface area (Å²) in [7, 11) is 3.25. The van der Waals surface area contributed by atoms with E-state index in [1.807, 2.05) is 18.2 Å². The molecular weight excluding hydrogens is 390 g/mol. The minimum absolute atomic E-state index is 0.145. The standard InChI is InChI=1S/C20H19N5O5/c1-21-19(26)16-10-25(2,20(27)29-16)11-3-4-12-15(9-11)28-8-6-13-17(12)23-24-18(13)14-5-7-22-30-14/h3-5,7,9,16H,6,8,10H2,1-2H3,(H-,21,22,23,24,26)/p+1/t16-,25?/m1/s1. The van der Waals surface area contributed by atoms with E-state index in [1.165, 1.54) is 7.05 Å². The summed E-state index contributed by atoms with van der Waals surface area (Å²) >= 11 is 0. The lowest BCUT2D eigenvalue weighted by atomic mass is 10.0. The van der Waals surface area contributed by atoms with Gasteiger partial charge in [0, 0.05) is 42.8 Å². The molecule has 4 heterocycles. The number of benzene rings is 1. The number of rotatable bonds is 3. The van der Waals surface area contributed by atoms with Crippen LogP contribution in [0.25, 0.3) is 22.7 Å². The first kappa shape index (κ1) is 18.4. The van der Waals surface area contributed by atoms with E-state index in [1.54, 1.807) is 19.3 Å². The fraction of sp³-hybridized carbons (Fsp3) is 0.300. The molecule has 1 unspecified atom stereocenters. The van der Waals surface area contributed by atoms with Gasteiger partial charge >= 0.3 is 6.09 Å². The number of likely N-dealkylation sites (N-methyl/N-ethyl adjacent to an activating group) is 2. The fourth-order valence-electron chi connectivity index (χ4n) is 3.97. The van der Waals surface area contributed by atoms with Gasteiger partial charge in [-0.1, -0.05) is 5.16 Å². The molecular formula is C20H20N5O5+. The van der Waals surface area contributed by atoms with Crippen molar-refractivity contribution >= 4 is 17.7 Å². The average molecular weight is 410 g/mol. The Kier molecular flexibility index (Phi) is 4.10. The third kappa shape index (κ3) is 2.68. The first-order valence-corrected chi connectivity index (χ1v) is 9.55. The van der Waals surface area contributed by atoms with E-state index >= 15 is 0 Å². The van der Waals surface area contributed by atoms with Crippen LogP contribution in [0.2, 0.25) is 0 Å². The third-order valence-corrected chi connectivity index (χ3v) is 5.67. The van der Waals surface area contributed by atoms with Crippen molar-refractivity contribution in [3.63, 3.8) is 0 Å². The van der Waals surface area contributed by atoms with Crippen LogP contribution in [0.15, 0.2) is 35.0 Å². The zero-order valence-electron chi connectivity index (χ0n) is 16.5. The average Bonchev–Trinajstić information content (AvgIpc) is 3.45. The third-order valence-electron chi connectivity index (χ3n) is 5.67. The molecule has 0 aliphatic carbocycles. The van der Waals surface area contributed by atoms with Crippen molar-refractivity contribution in [2.45, 2.75) is 12.5 Å². The number of hydrogen-bond acceptors (Lipinski definition) is 7. The lowest BCUT2D eigenvalue weighted by Crippen LogP contribution is -2.47. The van der Waals surface area contributed by atoms with Crippen LogP contribution in [-0.2, 0) is 16.0 Å². The van der Waals surface area contributed by atoms with Crippen LogP contribution < -0.4 is 14.5 Å². The number of fused-ring (bicyclic) bond motifs is 3. The van der Waals surface area contributed by atoms with Crippen LogP contribution >= 0.6 is 0 Å². The number of aromatic amines is 1. The normalized spacial score (nSPS) is 22.5. The van der Waals surface area contributed by atoms with Gasteiger partial charge in [-0.2, -0.15) is 14.4 Å². The Morgan fingerprint density at radius 1 is 1.33 bits per heavy atom. The van der Waals surface area contributed by atoms with Gasteiger partial charge < -0.3 is 19.3 Å². The Balaban J connectivity index is 1.53. The monoisotopic (exact) mass is 410 g/mol. The number of quaternary nitrogens is 1. The van der Waals surface area contributed by atoms with Crippen molar-refractivity contribution < 1.29 is 23.6 Å².